The molecular formula is C11H12N2O. The Balaban J connectivity index is 2.87. The van der Waals surface area contributed by atoms with Gasteiger partial charge in [-0.1, -0.05) is 18.2 Å². The van der Waals surface area contributed by atoms with Gasteiger partial charge in [0.15, 0.2) is 0 Å². The quantitative estimate of drug-likeness (QED) is 0.737. The number of rotatable bonds is 1. The van der Waals surface area contributed by atoms with E-state index in [9.17, 15) is 4.79 Å². The van der Waals surface area contributed by atoms with Crippen molar-refractivity contribution in [2.24, 2.45) is 0 Å². The van der Waals surface area contributed by atoms with Gasteiger partial charge in [0.1, 0.15) is 0 Å². The number of anilines is 1. The van der Waals surface area contributed by atoms with Crippen LogP contribution in [-0.2, 0) is 0 Å². The second-order valence-corrected chi connectivity index (χ2v) is 3.46. The molecule has 1 N–H and O–H groups in total. The van der Waals surface area contributed by atoms with Crippen LogP contribution in [-0.4, -0.2) is 19.1 Å². The van der Waals surface area contributed by atoms with Gasteiger partial charge in [-0.25, -0.2) is 0 Å². The monoisotopic (exact) mass is 188 g/mol. The van der Waals surface area contributed by atoms with Crippen LogP contribution in [0.3, 0.4) is 0 Å². The molecule has 0 unspecified atom stereocenters. The van der Waals surface area contributed by atoms with Crippen LogP contribution in [0, 0.1) is 0 Å². The Kier molecular flexibility index (Phi) is 2.00. The number of benzene rings is 1. The lowest BCUT2D eigenvalue weighted by Gasteiger charge is -2.14. The molecule has 0 radical (unpaired) electrons. The van der Waals surface area contributed by atoms with E-state index in [-0.39, 0.29) is 5.56 Å². The molecule has 1 heterocycles. The summed E-state index contributed by atoms with van der Waals surface area (Å²) in [6.07, 6.45) is 0. The number of fused-ring (bicyclic) bond motifs is 1. The molecule has 0 fully saturated rings. The van der Waals surface area contributed by atoms with Crippen LogP contribution in [0.25, 0.3) is 10.9 Å². The Hall–Kier alpha value is -1.77. The molecule has 0 aliphatic carbocycles. The third-order valence-electron chi connectivity index (χ3n) is 2.21. The van der Waals surface area contributed by atoms with Gasteiger partial charge >= 0.3 is 0 Å². The van der Waals surface area contributed by atoms with E-state index in [2.05, 4.69) is 4.98 Å². The minimum absolute atomic E-state index is 0.0626. The topological polar surface area (TPSA) is 36.1 Å². The van der Waals surface area contributed by atoms with Crippen LogP contribution in [0.4, 0.5) is 5.69 Å². The van der Waals surface area contributed by atoms with E-state index in [1.807, 2.05) is 43.3 Å². The summed E-state index contributed by atoms with van der Waals surface area (Å²) in [5, 5.41) is 1.07. The number of pyridine rings is 1. The number of H-pyrrole nitrogens is 1. The summed E-state index contributed by atoms with van der Waals surface area (Å²) in [7, 11) is 3.86. The fraction of sp³-hybridized carbons (Fsp3) is 0.182. The van der Waals surface area contributed by atoms with Crippen LogP contribution in [0.2, 0.25) is 0 Å². The molecule has 0 saturated carbocycles. The average Bonchev–Trinajstić information content (AvgIpc) is 2.16. The number of hydrogen-bond acceptors (Lipinski definition) is 2. The fourth-order valence-electron chi connectivity index (χ4n) is 1.56. The highest BCUT2D eigenvalue weighted by molar-refractivity contribution is 5.91. The molecule has 3 nitrogen and oxygen atoms in total. The molecular weight excluding hydrogens is 176 g/mol. The number of aromatic amines is 1. The Morgan fingerprint density at radius 1 is 1.21 bits per heavy atom. The van der Waals surface area contributed by atoms with Crippen LogP contribution in [0.1, 0.15) is 0 Å². The molecule has 72 valence electrons. The highest BCUT2D eigenvalue weighted by Crippen LogP contribution is 2.20. The second-order valence-electron chi connectivity index (χ2n) is 3.46. The zero-order valence-corrected chi connectivity index (χ0v) is 8.24. The number of hydrogen-bond donors (Lipinski definition) is 1. The summed E-state index contributed by atoms with van der Waals surface area (Å²) in [6.45, 7) is 0. The molecule has 0 amide bonds. The predicted molar refractivity (Wildman–Crippen MR) is 58.9 cm³/mol. The van der Waals surface area contributed by atoms with Crippen molar-refractivity contribution in [1.29, 1.82) is 0 Å². The number of nitrogens with one attached hydrogen (secondary N) is 1. The van der Waals surface area contributed by atoms with Gasteiger partial charge in [0.25, 0.3) is 0 Å². The van der Waals surface area contributed by atoms with Gasteiger partial charge in [0.05, 0.1) is 11.2 Å². The molecule has 2 rings (SSSR count). The van der Waals surface area contributed by atoms with Gasteiger partial charge in [-0.3, -0.25) is 4.79 Å². The van der Waals surface area contributed by atoms with Crippen LogP contribution >= 0.6 is 0 Å². The molecule has 0 saturated heterocycles. The van der Waals surface area contributed by atoms with E-state index in [1.54, 1.807) is 6.07 Å². The lowest BCUT2D eigenvalue weighted by molar-refractivity contribution is 1.13. The van der Waals surface area contributed by atoms with Crippen molar-refractivity contribution in [2.45, 2.75) is 0 Å². The molecule has 3 heteroatoms. The van der Waals surface area contributed by atoms with Crippen LogP contribution in [0.15, 0.2) is 35.1 Å². The van der Waals surface area contributed by atoms with Gasteiger partial charge < -0.3 is 9.88 Å². The highest BCUT2D eigenvalue weighted by atomic mass is 16.1. The number of nitrogens with zero attached hydrogens (tertiary/aromatic N) is 1. The smallest absolute Gasteiger partial charge is 0.250 e. The first-order valence-corrected chi connectivity index (χ1v) is 4.48. The molecule has 1 aromatic carbocycles. The summed E-state index contributed by atoms with van der Waals surface area (Å²) >= 11 is 0. The number of para-hydroxylation sites is 1. The van der Waals surface area contributed by atoms with Crippen molar-refractivity contribution in [3.8, 4) is 0 Å². The average molecular weight is 188 g/mol. The maximum absolute atomic E-state index is 11.3. The van der Waals surface area contributed by atoms with Gasteiger partial charge in [-0.05, 0) is 6.07 Å². The second kappa shape index (κ2) is 3.18. The molecule has 0 aliphatic rings. The van der Waals surface area contributed by atoms with Crippen molar-refractivity contribution in [2.75, 3.05) is 19.0 Å². The van der Waals surface area contributed by atoms with Gasteiger partial charge in [0, 0.05) is 25.5 Å². The maximum atomic E-state index is 11.3. The lowest BCUT2D eigenvalue weighted by atomic mass is 10.2. The molecule has 14 heavy (non-hydrogen) atoms. The Morgan fingerprint density at radius 2 is 1.93 bits per heavy atom. The molecule has 0 atom stereocenters. The van der Waals surface area contributed by atoms with Crippen LogP contribution in [0.5, 0.6) is 0 Å². The van der Waals surface area contributed by atoms with Gasteiger partial charge in [-0.15, -0.1) is 0 Å². The highest BCUT2D eigenvalue weighted by Gasteiger charge is 2.03. The molecule has 0 aliphatic heterocycles. The van der Waals surface area contributed by atoms with Crippen molar-refractivity contribution >= 4 is 16.6 Å². The minimum Gasteiger partial charge on any atom is -0.377 e. The zero-order valence-electron chi connectivity index (χ0n) is 8.24. The Labute approximate surface area is 82.0 Å². The first kappa shape index (κ1) is 8.81. The predicted octanol–water partition coefficient (Wildman–Crippen LogP) is 1.59. The van der Waals surface area contributed by atoms with E-state index in [1.165, 1.54) is 0 Å². The largest absolute Gasteiger partial charge is 0.377 e. The van der Waals surface area contributed by atoms with Gasteiger partial charge in [-0.2, -0.15) is 0 Å². The fourth-order valence-corrected chi connectivity index (χ4v) is 1.56. The maximum Gasteiger partial charge on any atom is 0.250 e. The third-order valence-corrected chi connectivity index (χ3v) is 2.21. The summed E-state index contributed by atoms with van der Waals surface area (Å²) in [6, 6.07) is 9.40. The summed E-state index contributed by atoms with van der Waals surface area (Å²) < 4.78 is 0. The number of aromatic nitrogens is 1. The van der Waals surface area contributed by atoms with Crippen molar-refractivity contribution in [3.05, 3.63) is 40.7 Å². The van der Waals surface area contributed by atoms with E-state index < -0.39 is 0 Å². The normalized spacial score (nSPS) is 10.4. The molecule has 1 aromatic heterocycles. The first-order chi connectivity index (χ1) is 6.68. The van der Waals surface area contributed by atoms with Crippen LogP contribution < -0.4 is 10.5 Å². The van der Waals surface area contributed by atoms with Crippen molar-refractivity contribution in [1.82, 2.24) is 4.98 Å². The summed E-state index contributed by atoms with van der Waals surface area (Å²) in [5.41, 5.74) is 1.76. The van der Waals surface area contributed by atoms with Gasteiger partial charge in [0.2, 0.25) is 5.56 Å². The Morgan fingerprint density at radius 3 is 2.64 bits per heavy atom. The first-order valence-electron chi connectivity index (χ1n) is 4.48. The standard InChI is InChI=1S/C11H12N2O/c1-13(2)10-7-11(14)12-9-6-4-3-5-8(9)10/h3-7H,1-2H3,(H,12,14). The van der Waals surface area contributed by atoms with E-state index in [4.69, 9.17) is 0 Å². The molecule has 0 spiro atoms. The van der Waals surface area contributed by atoms with Crippen molar-refractivity contribution in [3.63, 3.8) is 0 Å². The minimum atomic E-state index is -0.0626. The third kappa shape index (κ3) is 1.37. The van der Waals surface area contributed by atoms with Crippen molar-refractivity contribution < 1.29 is 0 Å². The van der Waals surface area contributed by atoms with E-state index in [0.717, 1.165) is 16.6 Å². The SMILES string of the molecule is CN(C)c1cc(=O)[nH]c2ccccc12. The molecule has 2 aromatic rings. The van der Waals surface area contributed by atoms with E-state index >= 15 is 0 Å². The zero-order chi connectivity index (χ0) is 10.1. The Bertz CT molecular complexity index is 514. The summed E-state index contributed by atoms with van der Waals surface area (Å²) in [5.74, 6) is 0. The van der Waals surface area contributed by atoms with E-state index in [0.29, 0.717) is 0 Å². The molecule has 0 bridgehead atoms. The summed E-state index contributed by atoms with van der Waals surface area (Å²) in [4.78, 5) is 16.1. The lowest BCUT2D eigenvalue weighted by Crippen LogP contribution is -2.14.